The van der Waals surface area contributed by atoms with Crippen molar-refractivity contribution in [2.24, 2.45) is 0 Å². The maximum Gasteiger partial charge on any atom is 0.156 e. The monoisotopic (exact) mass is 216 g/mol. The number of fused-ring (bicyclic) bond motifs is 1. The molecule has 1 atom stereocenters. The Bertz CT molecular complexity index is 411. The molecule has 1 aliphatic heterocycles. The highest BCUT2D eigenvalue weighted by molar-refractivity contribution is 5.40. The van der Waals surface area contributed by atoms with Crippen LogP contribution >= 0.6 is 0 Å². The predicted octanol–water partition coefficient (Wildman–Crippen LogP) is 1.94. The smallest absolute Gasteiger partial charge is 0.156 e. The van der Waals surface area contributed by atoms with Crippen molar-refractivity contribution in [2.75, 3.05) is 13.2 Å². The number of benzene rings is 1. The van der Waals surface area contributed by atoms with Gasteiger partial charge in [-0.25, -0.2) is 0 Å². The van der Waals surface area contributed by atoms with Crippen LogP contribution in [0.4, 0.5) is 0 Å². The molecule has 0 aromatic heterocycles. The summed E-state index contributed by atoms with van der Waals surface area (Å²) < 4.78 is 5.51. The molecule has 84 valence electrons. The minimum atomic E-state index is -0.662. The lowest BCUT2D eigenvalue weighted by Gasteiger charge is -2.33. The van der Waals surface area contributed by atoms with Crippen LogP contribution in [0, 0.1) is 11.3 Å². The van der Waals surface area contributed by atoms with E-state index in [1.807, 2.05) is 24.3 Å². The molecule has 1 aliphatic rings. The second kappa shape index (κ2) is 4.65. The van der Waals surface area contributed by atoms with Gasteiger partial charge in [-0.05, 0) is 24.1 Å². The van der Waals surface area contributed by atoms with Gasteiger partial charge < -0.3 is 4.74 Å². The van der Waals surface area contributed by atoms with Gasteiger partial charge in [0.25, 0.3) is 0 Å². The van der Waals surface area contributed by atoms with E-state index in [4.69, 9.17) is 4.74 Å². The summed E-state index contributed by atoms with van der Waals surface area (Å²) in [4.78, 5) is 0. The van der Waals surface area contributed by atoms with Gasteiger partial charge in [0.05, 0.1) is 19.3 Å². The van der Waals surface area contributed by atoms with Crippen LogP contribution in [0.25, 0.3) is 0 Å². The number of nitriles is 1. The number of nitrogens with one attached hydrogen (secondary N) is 1. The Kier molecular flexibility index (Phi) is 3.23. The first-order valence-corrected chi connectivity index (χ1v) is 5.65. The molecule has 1 aromatic rings. The molecule has 0 bridgehead atoms. The van der Waals surface area contributed by atoms with E-state index in [9.17, 15) is 5.26 Å². The SMILES string of the molecule is CCCNC1(C#N)COCc2ccccc21. The summed E-state index contributed by atoms with van der Waals surface area (Å²) in [6, 6.07) is 10.4. The van der Waals surface area contributed by atoms with Crippen molar-refractivity contribution in [1.82, 2.24) is 5.32 Å². The Morgan fingerprint density at radius 1 is 1.50 bits per heavy atom. The fourth-order valence-corrected chi connectivity index (χ4v) is 2.07. The van der Waals surface area contributed by atoms with Crippen LogP contribution in [0.2, 0.25) is 0 Å². The lowest BCUT2D eigenvalue weighted by Crippen LogP contribution is -2.48. The zero-order valence-electron chi connectivity index (χ0n) is 9.49. The Balaban J connectivity index is 2.38. The third-order valence-electron chi connectivity index (χ3n) is 2.92. The number of ether oxygens (including phenoxy) is 1. The molecule has 0 amide bonds. The van der Waals surface area contributed by atoms with Crippen molar-refractivity contribution in [3.63, 3.8) is 0 Å². The van der Waals surface area contributed by atoms with E-state index in [0.29, 0.717) is 13.2 Å². The summed E-state index contributed by atoms with van der Waals surface area (Å²) in [5, 5.41) is 12.7. The molecular weight excluding hydrogens is 200 g/mol. The first kappa shape index (κ1) is 11.1. The number of rotatable bonds is 3. The lowest BCUT2D eigenvalue weighted by atomic mass is 9.86. The highest BCUT2D eigenvalue weighted by atomic mass is 16.5. The van der Waals surface area contributed by atoms with Crippen molar-refractivity contribution in [3.8, 4) is 6.07 Å². The fourth-order valence-electron chi connectivity index (χ4n) is 2.07. The molecule has 0 saturated heterocycles. The van der Waals surface area contributed by atoms with Gasteiger partial charge in [-0.3, -0.25) is 5.32 Å². The molecule has 1 aromatic carbocycles. The molecule has 0 saturated carbocycles. The van der Waals surface area contributed by atoms with E-state index in [2.05, 4.69) is 18.3 Å². The summed E-state index contributed by atoms with van der Waals surface area (Å²) in [6.45, 7) is 3.95. The lowest BCUT2D eigenvalue weighted by molar-refractivity contribution is 0.0584. The number of nitrogens with zero attached hydrogens (tertiary/aromatic N) is 1. The summed E-state index contributed by atoms with van der Waals surface area (Å²) >= 11 is 0. The first-order chi connectivity index (χ1) is 7.82. The van der Waals surface area contributed by atoms with E-state index in [-0.39, 0.29) is 0 Å². The summed E-state index contributed by atoms with van der Waals surface area (Å²) in [5.74, 6) is 0. The molecule has 0 aliphatic carbocycles. The van der Waals surface area contributed by atoms with E-state index >= 15 is 0 Å². The van der Waals surface area contributed by atoms with Gasteiger partial charge in [0.1, 0.15) is 0 Å². The Hall–Kier alpha value is -1.37. The summed E-state index contributed by atoms with van der Waals surface area (Å²) in [7, 11) is 0. The van der Waals surface area contributed by atoms with Crippen molar-refractivity contribution < 1.29 is 4.74 Å². The van der Waals surface area contributed by atoms with Crippen LogP contribution in [0.5, 0.6) is 0 Å². The van der Waals surface area contributed by atoms with Crippen LogP contribution in [-0.2, 0) is 16.9 Å². The maximum absolute atomic E-state index is 9.42. The predicted molar refractivity (Wildman–Crippen MR) is 61.7 cm³/mol. The zero-order chi connectivity index (χ0) is 11.4. The third kappa shape index (κ3) is 1.82. The van der Waals surface area contributed by atoms with Gasteiger partial charge in [-0.2, -0.15) is 5.26 Å². The Morgan fingerprint density at radius 2 is 2.31 bits per heavy atom. The zero-order valence-corrected chi connectivity index (χ0v) is 9.49. The molecule has 2 rings (SSSR count). The van der Waals surface area contributed by atoms with Gasteiger partial charge in [-0.1, -0.05) is 31.2 Å². The number of hydrogen-bond acceptors (Lipinski definition) is 3. The average molecular weight is 216 g/mol. The first-order valence-electron chi connectivity index (χ1n) is 5.65. The highest BCUT2D eigenvalue weighted by Gasteiger charge is 2.36. The third-order valence-corrected chi connectivity index (χ3v) is 2.92. The fraction of sp³-hybridized carbons (Fsp3) is 0.462. The molecular formula is C13H16N2O. The molecule has 3 nitrogen and oxygen atoms in total. The quantitative estimate of drug-likeness (QED) is 0.839. The topological polar surface area (TPSA) is 45.0 Å². The standard InChI is InChI=1S/C13H16N2O/c1-2-7-15-13(9-14)10-16-8-11-5-3-4-6-12(11)13/h3-6,15H,2,7-8,10H2,1H3. The van der Waals surface area contributed by atoms with Gasteiger partial charge in [0.2, 0.25) is 0 Å². The molecule has 1 unspecified atom stereocenters. The van der Waals surface area contributed by atoms with Crippen molar-refractivity contribution in [3.05, 3.63) is 35.4 Å². The van der Waals surface area contributed by atoms with E-state index in [1.54, 1.807) is 0 Å². The molecule has 0 fully saturated rings. The van der Waals surface area contributed by atoms with Crippen molar-refractivity contribution >= 4 is 0 Å². The number of hydrogen-bond donors (Lipinski definition) is 1. The molecule has 0 spiro atoms. The van der Waals surface area contributed by atoms with Crippen LogP contribution in [0.3, 0.4) is 0 Å². The minimum Gasteiger partial charge on any atom is -0.373 e. The van der Waals surface area contributed by atoms with Gasteiger partial charge in [-0.15, -0.1) is 0 Å². The van der Waals surface area contributed by atoms with Crippen molar-refractivity contribution in [2.45, 2.75) is 25.5 Å². The Morgan fingerprint density at radius 3 is 3.06 bits per heavy atom. The Labute approximate surface area is 96.0 Å². The summed E-state index contributed by atoms with van der Waals surface area (Å²) in [6.07, 6.45) is 1.01. The largest absolute Gasteiger partial charge is 0.373 e. The van der Waals surface area contributed by atoms with E-state index in [0.717, 1.165) is 24.1 Å². The molecule has 0 radical (unpaired) electrons. The van der Waals surface area contributed by atoms with Crippen molar-refractivity contribution in [1.29, 1.82) is 5.26 Å². The second-order valence-corrected chi connectivity index (χ2v) is 4.09. The summed E-state index contributed by atoms with van der Waals surface area (Å²) in [5.41, 5.74) is 1.52. The van der Waals surface area contributed by atoms with Gasteiger partial charge in [0.15, 0.2) is 5.54 Å². The molecule has 3 heteroatoms. The van der Waals surface area contributed by atoms with E-state index < -0.39 is 5.54 Å². The van der Waals surface area contributed by atoms with E-state index in [1.165, 1.54) is 0 Å². The molecule has 16 heavy (non-hydrogen) atoms. The highest BCUT2D eigenvalue weighted by Crippen LogP contribution is 2.29. The van der Waals surface area contributed by atoms with Gasteiger partial charge in [0, 0.05) is 0 Å². The normalized spacial score (nSPS) is 23.5. The van der Waals surface area contributed by atoms with Gasteiger partial charge >= 0.3 is 0 Å². The average Bonchev–Trinajstić information content (AvgIpc) is 2.36. The molecule has 1 N–H and O–H groups in total. The van der Waals surface area contributed by atoms with Crippen LogP contribution in [0.1, 0.15) is 24.5 Å². The van der Waals surface area contributed by atoms with Crippen LogP contribution in [-0.4, -0.2) is 13.2 Å². The maximum atomic E-state index is 9.42. The second-order valence-electron chi connectivity index (χ2n) is 4.09. The van der Waals surface area contributed by atoms with Crippen LogP contribution in [0.15, 0.2) is 24.3 Å². The van der Waals surface area contributed by atoms with Crippen LogP contribution < -0.4 is 5.32 Å². The molecule has 1 heterocycles. The minimum absolute atomic E-state index is 0.431.